The molecule has 2 aromatic carbocycles. The molecule has 0 aromatic heterocycles. The second-order valence-corrected chi connectivity index (χ2v) is 9.61. The zero-order valence-corrected chi connectivity index (χ0v) is 17.6. The van der Waals surface area contributed by atoms with Crippen molar-refractivity contribution in [3.05, 3.63) is 65.2 Å². The van der Waals surface area contributed by atoms with Gasteiger partial charge in [0.1, 0.15) is 0 Å². The zero-order chi connectivity index (χ0) is 19.9. The van der Waals surface area contributed by atoms with Crippen LogP contribution in [0.4, 0.5) is 0 Å². The molecular formula is C20H26N2O3S2. The van der Waals surface area contributed by atoms with Crippen LogP contribution in [-0.4, -0.2) is 44.5 Å². The number of amides is 1. The topological polar surface area (TPSA) is 66.5 Å². The van der Waals surface area contributed by atoms with E-state index in [0.29, 0.717) is 6.54 Å². The van der Waals surface area contributed by atoms with E-state index in [2.05, 4.69) is 36.5 Å². The average molecular weight is 407 g/mol. The van der Waals surface area contributed by atoms with E-state index in [0.717, 1.165) is 21.4 Å². The van der Waals surface area contributed by atoms with Crippen LogP contribution in [-0.2, 0) is 20.6 Å². The maximum absolute atomic E-state index is 12.5. The first-order valence-electron chi connectivity index (χ1n) is 8.72. The van der Waals surface area contributed by atoms with Crippen LogP contribution in [0.1, 0.15) is 16.7 Å². The van der Waals surface area contributed by atoms with Crippen molar-refractivity contribution < 1.29 is 13.2 Å². The number of benzene rings is 2. The van der Waals surface area contributed by atoms with Crippen molar-refractivity contribution in [2.24, 2.45) is 0 Å². The number of aryl methyl sites for hydroxylation is 2. The van der Waals surface area contributed by atoms with Gasteiger partial charge in [-0.15, -0.1) is 0 Å². The van der Waals surface area contributed by atoms with Crippen molar-refractivity contribution in [2.75, 3.05) is 25.9 Å². The molecule has 0 aliphatic rings. The van der Waals surface area contributed by atoms with Crippen LogP contribution in [0, 0.1) is 13.8 Å². The number of nitrogens with one attached hydrogen (secondary N) is 1. The summed E-state index contributed by atoms with van der Waals surface area (Å²) in [5.41, 5.74) is 3.47. The fraction of sp³-hybridized carbons (Fsp3) is 0.350. The van der Waals surface area contributed by atoms with Crippen LogP contribution in [0.25, 0.3) is 0 Å². The molecule has 1 N–H and O–H groups in total. The summed E-state index contributed by atoms with van der Waals surface area (Å²) in [6.07, 6.45) is 0. The summed E-state index contributed by atoms with van der Waals surface area (Å²) in [6.45, 7) is 4.26. The molecule has 1 amide bonds. The van der Waals surface area contributed by atoms with Crippen LogP contribution in [0.2, 0.25) is 0 Å². The minimum atomic E-state index is -3.66. The molecule has 0 unspecified atom stereocenters. The average Bonchev–Trinajstić information content (AvgIpc) is 2.63. The molecule has 0 heterocycles. The molecule has 27 heavy (non-hydrogen) atoms. The third kappa shape index (κ3) is 6.68. The van der Waals surface area contributed by atoms with Gasteiger partial charge in [-0.1, -0.05) is 47.5 Å². The Morgan fingerprint density at radius 3 is 2.15 bits per heavy atom. The van der Waals surface area contributed by atoms with Gasteiger partial charge in [0.25, 0.3) is 0 Å². The zero-order valence-electron chi connectivity index (χ0n) is 15.9. The maximum Gasteiger partial charge on any atom is 0.243 e. The van der Waals surface area contributed by atoms with Crippen LogP contribution >= 0.6 is 11.8 Å². The lowest BCUT2D eigenvalue weighted by molar-refractivity contribution is -0.121. The molecule has 0 atom stereocenters. The maximum atomic E-state index is 12.5. The highest BCUT2D eigenvalue weighted by Crippen LogP contribution is 2.15. The number of thioether (sulfide) groups is 1. The summed E-state index contributed by atoms with van der Waals surface area (Å²) in [4.78, 5) is 12.2. The Balaban J connectivity index is 1.73. The highest BCUT2D eigenvalue weighted by Gasteiger charge is 2.22. The monoisotopic (exact) mass is 406 g/mol. The summed E-state index contributed by atoms with van der Waals surface area (Å²) in [6, 6.07) is 15.0. The summed E-state index contributed by atoms with van der Waals surface area (Å²) in [5.74, 6) is 1.36. The number of sulfonamides is 1. The van der Waals surface area contributed by atoms with Crippen molar-refractivity contribution >= 4 is 27.7 Å². The Morgan fingerprint density at radius 2 is 1.56 bits per heavy atom. The molecule has 2 aromatic rings. The van der Waals surface area contributed by atoms with E-state index in [1.807, 2.05) is 6.92 Å². The molecule has 146 valence electrons. The lowest BCUT2D eigenvalue weighted by Gasteiger charge is -2.17. The van der Waals surface area contributed by atoms with Crippen LogP contribution < -0.4 is 5.32 Å². The highest BCUT2D eigenvalue weighted by atomic mass is 32.2. The second-order valence-electron chi connectivity index (χ2n) is 6.46. The van der Waals surface area contributed by atoms with Gasteiger partial charge < -0.3 is 5.32 Å². The number of likely N-dealkylation sites (N-methyl/N-ethyl adjacent to an activating group) is 1. The van der Waals surface area contributed by atoms with Gasteiger partial charge in [-0.25, -0.2) is 8.42 Å². The van der Waals surface area contributed by atoms with E-state index in [1.54, 1.807) is 36.0 Å². The Labute approximate surface area is 166 Å². The molecule has 0 bridgehead atoms. The number of nitrogens with zero attached hydrogens (tertiary/aromatic N) is 1. The molecule has 0 radical (unpaired) electrons. The predicted molar refractivity (Wildman–Crippen MR) is 111 cm³/mol. The number of carbonyl (C=O) groups is 1. The Morgan fingerprint density at radius 1 is 1.00 bits per heavy atom. The summed E-state index contributed by atoms with van der Waals surface area (Å²) >= 11 is 1.73. The third-order valence-electron chi connectivity index (χ3n) is 4.05. The number of hydrogen-bond acceptors (Lipinski definition) is 4. The minimum absolute atomic E-state index is 0.192. The van der Waals surface area contributed by atoms with Gasteiger partial charge in [0.2, 0.25) is 15.9 Å². The molecule has 0 aliphatic carbocycles. The Kier molecular flexibility index (Phi) is 7.89. The van der Waals surface area contributed by atoms with Gasteiger partial charge >= 0.3 is 0 Å². The summed E-state index contributed by atoms with van der Waals surface area (Å²) in [7, 11) is -2.24. The van der Waals surface area contributed by atoms with Crippen LogP contribution in [0.3, 0.4) is 0 Å². The van der Waals surface area contributed by atoms with Gasteiger partial charge in [-0.05, 0) is 31.5 Å². The molecule has 0 fully saturated rings. The molecule has 7 heteroatoms. The molecule has 0 spiro atoms. The van der Waals surface area contributed by atoms with E-state index >= 15 is 0 Å². The summed E-state index contributed by atoms with van der Waals surface area (Å²) < 4.78 is 26.0. The number of carbonyl (C=O) groups excluding carboxylic acids is 1. The molecule has 5 nitrogen and oxygen atoms in total. The van der Waals surface area contributed by atoms with E-state index < -0.39 is 10.0 Å². The number of hydrogen-bond donors (Lipinski definition) is 1. The predicted octanol–water partition coefficient (Wildman–Crippen LogP) is 2.97. The molecule has 0 saturated carbocycles. The van der Waals surface area contributed by atoms with E-state index in [4.69, 9.17) is 0 Å². The largest absolute Gasteiger partial charge is 0.354 e. The first kappa shape index (κ1) is 21.5. The van der Waals surface area contributed by atoms with Gasteiger partial charge in [0.05, 0.1) is 11.4 Å². The first-order valence-corrected chi connectivity index (χ1v) is 11.3. The fourth-order valence-electron chi connectivity index (χ4n) is 2.37. The first-order chi connectivity index (χ1) is 12.8. The highest BCUT2D eigenvalue weighted by molar-refractivity contribution is 7.98. The van der Waals surface area contributed by atoms with Gasteiger partial charge in [-0.3, -0.25) is 4.79 Å². The lowest BCUT2D eigenvalue weighted by atomic mass is 10.2. The van der Waals surface area contributed by atoms with Crippen LogP contribution in [0.15, 0.2) is 53.4 Å². The van der Waals surface area contributed by atoms with Gasteiger partial charge in [0.15, 0.2) is 0 Å². The van der Waals surface area contributed by atoms with Crippen LogP contribution in [0.5, 0.6) is 0 Å². The van der Waals surface area contributed by atoms with E-state index in [-0.39, 0.29) is 17.3 Å². The van der Waals surface area contributed by atoms with Crippen molar-refractivity contribution in [1.82, 2.24) is 9.62 Å². The SMILES string of the molecule is Cc1ccc(CSCCNC(=O)CN(C)S(=O)(=O)c2ccc(C)cc2)cc1. The third-order valence-corrected chi connectivity index (χ3v) is 6.90. The van der Waals surface area contributed by atoms with E-state index in [9.17, 15) is 13.2 Å². The Bertz CT molecular complexity index is 848. The standard InChI is InChI=1S/C20H26N2O3S2/c1-16-4-8-18(9-5-16)15-26-13-12-21-20(23)14-22(3)27(24,25)19-10-6-17(2)7-11-19/h4-11H,12-15H2,1-3H3,(H,21,23). The van der Waals surface area contributed by atoms with E-state index in [1.165, 1.54) is 18.2 Å². The molecule has 0 aliphatic heterocycles. The fourth-order valence-corrected chi connectivity index (χ4v) is 4.32. The van der Waals surface area contributed by atoms with Crippen molar-refractivity contribution in [3.63, 3.8) is 0 Å². The second kappa shape index (κ2) is 9.92. The molecule has 2 rings (SSSR count). The minimum Gasteiger partial charge on any atom is -0.354 e. The molecule has 0 saturated heterocycles. The quantitative estimate of drug-likeness (QED) is 0.650. The van der Waals surface area contributed by atoms with Crippen molar-refractivity contribution in [2.45, 2.75) is 24.5 Å². The van der Waals surface area contributed by atoms with Crippen molar-refractivity contribution in [1.29, 1.82) is 0 Å². The number of rotatable bonds is 9. The molecular weight excluding hydrogens is 380 g/mol. The van der Waals surface area contributed by atoms with Gasteiger partial charge in [-0.2, -0.15) is 16.1 Å². The summed E-state index contributed by atoms with van der Waals surface area (Å²) in [5, 5.41) is 2.78. The van der Waals surface area contributed by atoms with Crippen molar-refractivity contribution in [3.8, 4) is 0 Å². The smallest absolute Gasteiger partial charge is 0.243 e. The Hall–Kier alpha value is -1.83. The lowest BCUT2D eigenvalue weighted by Crippen LogP contribution is -2.39. The normalized spacial score (nSPS) is 11.6. The van der Waals surface area contributed by atoms with Gasteiger partial charge in [0, 0.05) is 25.1 Å².